The largest absolute Gasteiger partial charge is 0.335 e. The lowest BCUT2D eigenvalue weighted by Crippen LogP contribution is -2.46. The fraction of sp³-hybridized carbons (Fsp3) is 0.750. The Morgan fingerprint density at radius 2 is 2.20 bits per heavy atom. The Kier molecular flexibility index (Phi) is 4.66. The van der Waals surface area contributed by atoms with E-state index in [1.165, 1.54) is 0 Å². The molecule has 2 amide bonds. The van der Waals surface area contributed by atoms with E-state index in [1.807, 2.05) is 17.9 Å². The molecular formula is C12H22N2O. The van der Waals surface area contributed by atoms with Gasteiger partial charge in [-0.25, -0.2) is 4.79 Å². The van der Waals surface area contributed by atoms with Gasteiger partial charge < -0.3 is 10.2 Å². The maximum atomic E-state index is 11.8. The summed E-state index contributed by atoms with van der Waals surface area (Å²) in [5.41, 5.74) is 0. The van der Waals surface area contributed by atoms with Crippen molar-refractivity contribution in [3.05, 3.63) is 12.7 Å². The molecule has 1 rings (SSSR count). The van der Waals surface area contributed by atoms with Crippen molar-refractivity contribution >= 4 is 6.03 Å². The van der Waals surface area contributed by atoms with Crippen LogP contribution >= 0.6 is 0 Å². The van der Waals surface area contributed by atoms with Gasteiger partial charge in [0.1, 0.15) is 0 Å². The van der Waals surface area contributed by atoms with Crippen LogP contribution in [0.15, 0.2) is 12.7 Å². The molecule has 0 radical (unpaired) electrons. The fourth-order valence-electron chi connectivity index (χ4n) is 1.82. The maximum absolute atomic E-state index is 11.8. The molecule has 0 aliphatic carbocycles. The number of urea groups is 1. The van der Waals surface area contributed by atoms with Crippen LogP contribution in [0.3, 0.4) is 0 Å². The highest BCUT2D eigenvalue weighted by atomic mass is 16.2. The Balaban J connectivity index is 2.30. The summed E-state index contributed by atoms with van der Waals surface area (Å²) >= 11 is 0. The van der Waals surface area contributed by atoms with Crippen molar-refractivity contribution in [3.63, 3.8) is 0 Å². The SMILES string of the molecule is C=CCC(C)NC(=O)N1CCC(C)CC1. The second kappa shape index (κ2) is 5.79. The van der Waals surface area contributed by atoms with Crippen molar-refractivity contribution in [1.82, 2.24) is 10.2 Å². The summed E-state index contributed by atoms with van der Waals surface area (Å²) in [5, 5.41) is 2.98. The summed E-state index contributed by atoms with van der Waals surface area (Å²) < 4.78 is 0. The van der Waals surface area contributed by atoms with Gasteiger partial charge in [-0.3, -0.25) is 0 Å². The lowest BCUT2D eigenvalue weighted by atomic mass is 10.00. The monoisotopic (exact) mass is 210 g/mol. The van der Waals surface area contributed by atoms with Crippen LogP contribution in [-0.2, 0) is 0 Å². The summed E-state index contributed by atoms with van der Waals surface area (Å²) in [4.78, 5) is 13.7. The molecule has 3 heteroatoms. The number of piperidine rings is 1. The lowest BCUT2D eigenvalue weighted by molar-refractivity contribution is 0.171. The number of hydrogen-bond donors (Lipinski definition) is 1. The molecule has 0 aromatic rings. The predicted molar refractivity (Wildman–Crippen MR) is 62.8 cm³/mol. The molecule has 1 N–H and O–H groups in total. The summed E-state index contributed by atoms with van der Waals surface area (Å²) in [6.07, 6.45) is 4.92. The van der Waals surface area contributed by atoms with E-state index in [0.29, 0.717) is 0 Å². The zero-order valence-corrected chi connectivity index (χ0v) is 9.83. The van der Waals surface area contributed by atoms with Crippen LogP contribution in [0, 0.1) is 5.92 Å². The van der Waals surface area contributed by atoms with Crippen LogP contribution in [0.1, 0.15) is 33.1 Å². The summed E-state index contributed by atoms with van der Waals surface area (Å²) in [7, 11) is 0. The van der Waals surface area contributed by atoms with Crippen molar-refractivity contribution in [1.29, 1.82) is 0 Å². The van der Waals surface area contributed by atoms with Gasteiger partial charge >= 0.3 is 6.03 Å². The second-order valence-electron chi connectivity index (χ2n) is 4.54. The summed E-state index contributed by atoms with van der Waals surface area (Å²) in [6, 6.07) is 0.269. The topological polar surface area (TPSA) is 32.3 Å². The Morgan fingerprint density at radius 3 is 2.73 bits per heavy atom. The Hall–Kier alpha value is -0.990. The number of carbonyl (C=O) groups excluding carboxylic acids is 1. The first-order valence-electron chi connectivity index (χ1n) is 5.79. The second-order valence-corrected chi connectivity index (χ2v) is 4.54. The third kappa shape index (κ3) is 3.94. The molecule has 0 spiro atoms. The summed E-state index contributed by atoms with van der Waals surface area (Å²) in [5.74, 6) is 0.764. The molecule has 0 saturated carbocycles. The molecule has 1 aliphatic heterocycles. The lowest BCUT2D eigenvalue weighted by Gasteiger charge is -2.31. The van der Waals surface area contributed by atoms with Crippen molar-refractivity contribution in [2.75, 3.05) is 13.1 Å². The van der Waals surface area contributed by atoms with E-state index in [0.717, 1.165) is 38.3 Å². The van der Waals surface area contributed by atoms with Gasteiger partial charge in [0, 0.05) is 19.1 Å². The van der Waals surface area contributed by atoms with Crippen LogP contribution in [-0.4, -0.2) is 30.1 Å². The van der Waals surface area contributed by atoms with Gasteiger partial charge in [0.05, 0.1) is 0 Å². The molecule has 1 saturated heterocycles. The van der Waals surface area contributed by atoms with Crippen LogP contribution in [0.2, 0.25) is 0 Å². The minimum Gasteiger partial charge on any atom is -0.335 e. The van der Waals surface area contributed by atoms with Crippen LogP contribution in [0.25, 0.3) is 0 Å². The number of nitrogens with one attached hydrogen (secondary N) is 1. The van der Waals surface area contributed by atoms with Gasteiger partial charge in [0.15, 0.2) is 0 Å². The van der Waals surface area contributed by atoms with Gasteiger partial charge in [-0.15, -0.1) is 6.58 Å². The number of amides is 2. The quantitative estimate of drug-likeness (QED) is 0.713. The van der Waals surface area contributed by atoms with Gasteiger partial charge in [0.2, 0.25) is 0 Å². The third-order valence-electron chi connectivity index (χ3n) is 2.96. The zero-order chi connectivity index (χ0) is 11.3. The first kappa shape index (κ1) is 12.1. The van der Waals surface area contributed by atoms with Crippen LogP contribution in [0.4, 0.5) is 4.79 Å². The average molecular weight is 210 g/mol. The van der Waals surface area contributed by atoms with E-state index < -0.39 is 0 Å². The number of rotatable bonds is 3. The smallest absolute Gasteiger partial charge is 0.317 e. The summed E-state index contributed by atoms with van der Waals surface area (Å²) in [6.45, 7) is 9.71. The molecule has 0 aromatic heterocycles. The molecule has 0 bridgehead atoms. The van der Waals surface area contributed by atoms with Crippen LogP contribution in [0.5, 0.6) is 0 Å². The Labute approximate surface area is 92.5 Å². The van der Waals surface area contributed by atoms with E-state index >= 15 is 0 Å². The molecule has 1 aliphatic rings. The van der Waals surface area contributed by atoms with E-state index in [4.69, 9.17) is 0 Å². The van der Waals surface area contributed by atoms with Crippen LogP contribution < -0.4 is 5.32 Å². The maximum Gasteiger partial charge on any atom is 0.317 e. The standard InChI is InChI=1S/C12H22N2O/c1-4-5-11(3)13-12(15)14-8-6-10(2)7-9-14/h4,10-11H,1,5-9H2,2-3H3,(H,13,15). The fourth-order valence-corrected chi connectivity index (χ4v) is 1.82. The highest BCUT2D eigenvalue weighted by molar-refractivity contribution is 5.74. The number of nitrogens with zero attached hydrogens (tertiary/aromatic N) is 1. The van der Waals surface area contributed by atoms with Gasteiger partial charge in [-0.2, -0.15) is 0 Å². The number of likely N-dealkylation sites (tertiary alicyclic amines) is 1. The third-order valence-corrected chi connectivity index (χ3v) is 2.96. The van der Waals surface area contributed by atoms with Gasteiger partial charge in [0.25, 0.3) is 0 Å². The van der Waals surface area contributed by atoms with E-state index in [9.17, 15) is 4.79 Å². The zero-order valence-electron chi connectivity index (χ0n) is 9.83. The highest BCUT2D eigenvalue weighted by Crippen LogP contribution is 2.15. The molecule has 1 fully saturated rings. The Bertz CT molecular complexity index is 220. The Morgan fingerprint density at radius 1 is 1.60 bits per heavy atom. The van der Waals surface area contributed by atoms with Crippen molar-refractivity contribution in [2.24, 2.45) is 5.92 Å². The van der Waals surface area contributed by atoms with Crippen molar-refractivity contribution in [3.8, 4) is 0 Å². The molecule has 1 unspecified atom stereocenters. The van der Waals surface area contributed by atoms with E-state index in [2.05, 4.69) is 18.8 Å². The molecular weight excluding hydrogens is 188 g/mol. The normalized spacial score (nSPS) is 19.7. The van der Waals surface area contributed by atoms with Gasteiger partial charge in [-0.05, 0) is 32.1 Å². The number of carbonyl (C=O) groups is 1. The average Bonchev–Trinajstić information content (AvgIpc) is 2.18. The molecule has 86 valence electrons. The first-order valence-corrected chi connectivity index (χ1v) is 5.79. The van der Waals surface area contributed by atoms with Crippen molar-refractivity contribution in [2.45, 2.75) is 39.2 Å². The van der Waals surface area contributed by atoms with E-state index in [1.54, 1.807) is 0 Å². The minimum atomic E-state index is 0.0799. The highest BCUT2D eigenvalue weighted by Gasteiger charge is 2.20. The molecule has 1 atom stereocenters. The predicted octanol–water partition coefficient (Wildman–Crippen LogP) is 2.39. The van der Waals surface area contributed by atoms with Gasteiger partial charge in [-0.1, -0.05) is 13.0 Å². The molecule has 1 heterocycles. The molecule has 15 heavy (non-hydrogen) atoms. The van der Waals surface area contributed by atoms with E-state index in [-0.39, 0.29) is 12.1 Å². The molecule has 3 nitrogen and oxygen atoms in total. The molecule has 0 aromatic carbocycles. The minimum absolute atomic E-state index is 0.0799. The van der Waals surface area contributed by atoms with Crippen molar-refractivity contribution < 1.29 is 4.79 Å². The first-order chi connectivity index (χ1) is 7.13. The number of hydrogen-bond acceptors (Lipinski definition) is 1.